The Morgan fingerprint density at radius 1 is 1.14 bits per heavy atom. The predicted octanol–water partition coefficient (Wildman–Crippen LogP) is 2.99. The predicted molar refractivity (Wildman–Crippen MR) is 83.0 cm³/mol. The molecule has 2 atom stereocenters. The van der Waals surface area contributed by atoms with Gasteiger partial charge < -0.3 is 5.11 Å². The summed E-state index contributed by atoms with van der Waals surface area (Å²) in [6, 6.07) is 14.7. The number of hydrogen-bond acceptors (Lipinski definition) is 3. The first-order valence-corrected chi connectivity index (χ1v) is 7.24. The van der Waals surface area contributed by atoms with E-state index in [9.17, 15) is 5.11 Å². The Kier molecular flexibility index (Phi) is 3.97. The first-order chi connectivity index (χ1) is 10.3. The number of aryl methyl sites for hydroxylation is 1. The van der Waals surface area contributed by atoms with Crippen molar-refractivity contribution in [2.45, 2.75) is 31.9 Å². The third-order valence-corrected chi connectivity index (χ3v) is 3.92. The normalized spacial score (nSPS) is 14.2. The van der Waals surface area contributed by atoms with Crippen molar-refractivity contribution in [2.75, 3.05) is 0 Å². The molecule has 2 aromatic carbocycles. The molecule has 0 aliphatic rings. The Balaban J connectivity index is 1.82. The van der Waals surface area contributed by atoms with Crippen LogP contribution in [-0.4, -0.2) is 26.0 Å². The average Bonchev–Trinajstić information content (AvgIpc) is 3.01. The van der Waals surface area contributed by atoms with Crippen LogP contribution in [0.2, 0.25) is 0 Å². The summed E-state index contributed by atoms with van der Waals surface area (Å²) < 4.78 is 1.75. The van der Waals surface area contributed by atoms with Crippen molar-refractivity contribution in [1.29, 1.82) is 0 Å². The highest BCUT2D eigenvalue weighted by Gasteiger charge is 2.18. The standard InChI is InChI=1S/C17H19N3O/c1-13(21)17(20-12-18-11-19-20)10-9-15-7-4-6-14-5-2-3-8-16(14)15/h2-8,11-13,17,21H,9-10H2,1H3. The van der Waals surface area contributed by atoms with Crippen LogP contribution < -0.4 is 0 Å². The van der Waals surface area contributed by atoms with Gasteiger partial charge in [-0.1, -0.05) is 42.5 Å². The summed E-state index contributed by atoms with van der Waals surface area (Å²) in [5.41, 5.74) is 1.30. The van der Waals surface area contributed by atoms with E-state index in [-0.39, 0.29) is 6.04 Å². The minimum atomic E-state index is -0.457. The van der Waals surface area contributed by atoms with E-state index in [2.05, 4.69) is 52.5 Å². The maximum atomic E-state index is 9.99. The van der Waals surface area contributed by atoms with Gasteiger partial charge in [0.05, 0.1) is 12.1 Å². The van der Waals surface area contributed by atoms with E-state index in [1.807, 2.05) is 0 Å². The van der Waals surface area contributed by atoms with E-state index in [0.29, 0.717) is 0 Å². The highest BCUT2D eigenvalue weighted by molar-refractivity contribution is 5.85. The molecular formula is C17H19N3O. The van der Waals surface area contributed by atoms with Gasteiger partial charge in [0.25, 0.3) is 0 Å². The monoisotopic (exact) mass is 281 g/mol. The second-order valence-corrected chi connectivity index (χ2v) is 5.36. The first-order valence-electron chi connectivity index (χ1n) is 7.24. The molecule has 0 bridgehead atoms. The number of hydrogen-bond donors (Lipinski definition) is 1. The number of aliphatic hydroxyl groups is 1. The van der Waals surface area contributed by atoms with Crippen molar-refractivity contribution in [3.8, 4) is 0 Å². The van der Waals surface area contributed by atoms with Gasteiger partial charge in [0, 0.05) is 0 Å². The van der Waals surface area contributed by atoms with Gasteiger partial charge in [-0.15, -0.1) is 0 Å². The summed E-state index contributed by atoms with van der Waals surface area (Å²) in [4.78, 5) is 3.97. The molecule has 4 nitrogen and oxygen atoms in total. The summed E-state index contributed by atoms with van der Waals surface area (Å²) in [6.07, 6.45) is 4.45. The van der Waals surface area contributed by atoms with Crippen molar-refractivity contribution < 1.29 is 5.11 Å². The van der Waals surface area contributed by atoms with E-state index in [4.69, 9.17) is 0 Å². The number of aliphatic hydroxyl groups excluding tert-OH is 1. The molecule has 3 rings (SSSR count). The second-order valence-electron chi connectivity index (χ2n) is 5.36. The van der Waals surface area contributed by atoms with Gasteiger partial charge >= 0.3 is 0 Å². The lowest BCUT2D eigenvalue weighted by Gasteiger charge is -2.20. The lowest BCUT2D eigenvalue weighted by atomic mass is 9.97. The van der Waals surface area contributed by atoms with Gasteiger partial charge in [-0.2, -0.15) is 5.10 Å². The van der Waals surface area contributed by atoms with Gasteiger partial charge in [0.2, 0.25) is 0 Å². The van der Waals surface area contributed by atoms with Crippen LogP contribution in [-0.2, 0) is 6.42 Å². The van der Waals surface area contributed by atoms with E-state index in [0.717, 1.165) is 12.8 Å². The van der Waals surface area contributed by atoms with E-state index < -0.39 is 6.10 Å². The van der Waals surface area contributed by atoms with Gasteiger partial charge in [-0.05, 0) is 36.1 Å². The summed E-state index contributed by atoms with van der Waals surface area (Å²) in [7, 11) is 0. The van der Waals surface area contributed by atoms with Crippen LogP contribution in [0.4, 0.5) is 0 Å². The van der Waals surface area contributed by atoms with E-state index >= 15 is 0 Å². The number of aromatic nitrogens is 3. The molecule has 0 saturated carbocycles. The Morgan fingerprint density at radius 3 is 2.71 bits per heavy atom. The molecule has 21 heavy (non-hydrogen) atoms. The molecule has 0 radical (unpaired) electrons. The molecule has 4 heteroatoms. The lowest BCUT2D eigenvalue weighted by Crippen LogP contribution is -2.22. The average molecular weight is 281 g/mol. The Morgan fingerprint density at radius 2 is 1.95 bits per heavy atom. The van der Waals surface area contributed by atoms with Gasteiger partial charge in [-0.25, -0.2) is 9.67 Å². The molecule has 2 unspecified atom stereocenters. The molecule has 0 spiro atoms. The molecule has 0 aliphatic carbocycles. The second kappa shape index (κ2) is 6.06. The third-order valence-electron chi connectivity index (χ3n) is 3.92. The number of rotatable bonds is 5. The van der Waals surface area contributed by atoms with Crippen molar-refractivity contribution in [2.24, 2.45) is 0 Å². The lowest BCUT2D eigenvalue weighted by molar-refractivity contribution is 0.117. The van der Waals surface area contributed by atoms with Gasteiger partial charge in [-0.3, -0.25) is 0 Å². The van der Waals surface area contributed by atoms with Gasteiger partial charge in [0.1, 0.15) is 12.7 Å². The van der Waals surface area contributed by atoms with Crippen LogP contribution in [0.25, 0.3) is 10.8 Å². The Labute approximate surface area is 124 Å². The molecule has 3 aromatic rings. The Hall–Kier alpha value is -2.20. The zero-order valence-electron chi connectivity index (χ0n) is 12.1. The molecule has 108 valence electrons. The summed E-state index contributed by atoms with van der Waals surface area (Å²) in [6.45, 7) is 1.80. The van der Waals surface area contributed by atoms with Gasteiger partial charge in [0.15, 0.2) is 0 Å². The molecule has 0 amide bonds. The summed E-state index contributed by atoms with van der Waals surface area (Å²) in [5.74, 6) is 0. The molecule has 0 aliphatic heterocycles. The molecule has 1 heterocycles. The van der Waals surface area contributed by atoms with Crippen LogP contribution in [0.3, 0.4) is 0 Å². The molecule has 0 fully saturated rings. The molecule has 1 N–H and O–H groups in total. The summed E-state index contributed by atoms with van der Waals surface area (Å²) in [5, 5.41) is 16.7. The van der Waals surface area contributed by atoms with Crippen LogP contribution in [0.5, 0.6) is 0 Å². The summed E-state index contributed by atoms with van der Waals surface area (Å²) >= 11 is 0. The maximum Gasteiger partial charge on any atom is 0.137 e. The van der Waals surface area contributed by atoms with Crippen molar-refractivity contribution in [1.82, 2.24) is 14.8 Å². The smallest absolute Gasteiger partial charge is 0.137 e. The minimum absolute atomic E-state index is 0.0496. The van der Waals surface area contributed by atoms with Crippen LogP contribution in [0.15, 0.2) is 55.1 Å². The number of nitrogens with zero attached hydrogens (tertiary/aromatic N) is 3. The molecule has 1 aromatic heterocycles. The van der Waals surface area contributed by atoms with Crippen LogP contribution in [0, 0.1) is 0 Å². The fourth-order valence-corrected chi connectivity index (χ4v) is 2.80. The largest absolute Gasteiger partial charge is 0.391 e. The maximum absolute atomic E-state index is 9.99. The SMILES string of the molecule is CC(O)C(CCc1cccc2ccccc12)n1cncn1. The molecular weight excluding hydrogens is 262 g/mol. The van der Waals surface area contributed by atoms with Crippen molar-refractivity contribution in [3.63, 3.8) is 0 Å². The number of fused-ring (bicyclic) bond motifs is 1. The highest BCUT2D eigenvalue weighted by atomic mass is 16.3. The quantitative estimate of drug-likeness (QED) is 0.782. The number of benzene rings is 2. The van der Waals surface area contributed by atoms with Crippen LogP contribution in [0.1, 0.15) is 24.9 Å². The van der Waals surface area contributed by atoms with Crippen molar-refractivity contribution in [3.05, 3.63) is 60.7 Å². The topological polar surface area (TPSA) is 50.9 Å². The van der Waals surface area contributed by atoms with Crippen molar-refractivity contribution >= 4 is 10.8 Å². The Bertz CT molecular complexity index is 702. The molecule has 0 saturated heterocycles. The van der Waals surface area contributed by atoms with Crippen LogP contribution >= 0.6 is 0 Å². The van der Waals surface area contributed by atoms with E-state index in [1.54, 1.807) is 17.9 Å². The first kappa shape index (κ1) is 13.8. The zero-order valence-corrected chi connectivity index (χ0v) is 12.1. The minimum Gasteiger partial charge on any atom is -0.391 e. The third kappa shape index (κ3) is 2.95. The highest BCUT2D eigenvalue weighted by Crippen LogP contribution is 2.23. The fourth-order valence-electron chi connectivity index (χ4n) is 2.80. The zero-order chi connectivity index (χ0) is 14.7. The fraction of sp³-hybridized carbons (Fsp3) is 0.294. The van der Waals surface area contributed by atoms with E-state index in [1.165, 1.54) is 22.7 Å².